The highest BCUT2D eigenvalue weighted by atomic mass is 16.5. The molecule has 1 aliphatic carbocycles. The van der Waals surface area contributed by atoms with Crippen molar-refractivity contribution < 1.29 is 14.6 Å². The Morgan fingerprint density at radius 3 is 2.77 bits per heavy atom. The lowest BCUT2D eigenvalue weighted by Gasteiger charge is -2.36. The number of aromatic nitrogens is 2. The number of benzene rings is 1. The maximum Gasteiger partial charge on any atom is 0.412 e. The van der Waals surface area contributed by atoms with Crippen LogP contribution >= 0.6 is 0 Å². The van der Waals surface area contributed by atoms with Crippen molar-refractivity contribution in [1.82, 2.24) is 15.1 Å². The Balaban J connectivity index is 1.53. The number of nitrogens with one attached hydrogen (secondary N) is 1. The van der Waals surface area contributed by atoms with Gasteiger partial charge in [-0.15, -0.1) is 0 Å². The highest BCUT2D eigenvalue weighted by Gasteiger charge is 2.33. The maximum atomic E-state index is 12.0. The number of ether oxygens (including phenoxy) is 1. The van der Waals surface area contributed by atoms with Crippen LogP contribution in [0, 0.1) is 0 Å². The number of piperidine rings is 1. The molecule has 5 rings (SSSR count). The Bertz CT molecular complexity index is 968. The zero-order chi connectivity index (χ0) is 21.5. The number of carbonyl (C=O) groups is 1. The van der Waals surface area contributed by atoms with E-state index in [1.165, 1.54) is 11.3 Å². The molecule has 1 unspecified atom stereocenters. The van der Waals surface area contributed by atoms with E-state index in [4.69, 9.17) is 9.84 Å². The van der Waals surface area contributed by atoms with Gasteiger partial charge in [-0.25, -0.2) is 4.79 Å². The van der Waals surface area contributed by atoms with Crippen LogP contribution < -0.4 is 15.0 Å². The summed E-state index contributed by atoms with van der Waals surface area (Å²) in [5.41, 5.74) is 3.86. The molecule has 1 aromatic heterocycles. The molecular weight excluding hydrogens is 392 g/mol. The van der Waals surface area contributed by atoms with Crippen molar-refractivity contribution >= 4 is 11.8 Å². The molecule has 166 valence electrons. The first-order valence-corrected chi connectivity index (χ1v) is 11.6. The Morgan fingerprint density at radius 1 is 1.23 bits per heavy atom. The lowest BCUT2D eigenvalue weighted by molar-refractivity contribution is 0.119. The zero-order valence-electron chi connectivity index (χ0n) is 18.4. The van der Waals surface area contributed by atoms with Crippen molar-refractivity contribution in [3.8, 4) is 16.9 Å². The van der Waals surface area contributed by atoms with Gasteiger partial charge in [0.15, 0.2) is 0 Å². The third-order valence-corrected chi connectivity index (χ3v) is 7.17. The van der Waals surface area contributed by atoms with Gasteiger partial charge in [-0.3, -0.25) is 9.58 Å². The fourth-order valence-corrected chi connectivity index (χ4v) is 5.14. The first kappa shape index (κ1) is 20.4. The van der Waals surface area contributed by atoms with E-state index < -0.39 is 6.09 Å². The van der Waals surface area contributed by atoms with Crippen LogP contribution in [0.1, 0.15) is 64.0 Å². The molecule has 3 aliphatic rings. The fourth-order valence-electron chi connectivity index (χ4n) is 5.14. The smallest absolute Gasteiger partial charge is 0.412 e. The third kappa shape index (κ3) is 3.80. The van der Waals surface area contributed by atoms with Crippen LogP contribution in [0.2, 0.25) is 0 Å². The highest BCUT2D eigenvalue weighted by Crippen LogP contribution is 2.44. The van der Waals surface area contributed by atoms with Gasteiger partial charge < -0.3 is 15.2 Å². The molecule has 3 atom stereocenters. The Labute approximate surface area is 183 Å². The Kier molecular flexibility index (Phi) is 5.38. The topological polar surface area (TPSA) is 79.6 Å². The largest absolute Gasteiger partial charge is 0.489 e. The minimum atomic E-state index is -0.899. The van der Waals surface area contributed by atoms with E-state index >= 15 is 0 Å². The van der Waals surface area contributed by atoms with Gasteiger partial charge in [-0.2, -0.15) is 5.10 Å². The van der Waals surface area contributed by atoms with Gasteiger partial charge in [0.2, 0.25) is 0 Å². The molecule has 2 aromatic rings. The minimum Gasteiger partial charge on any atom is -0.489 e. The zero-order valence-corrected chi connectivity index (χ0v) is 18.4. The van der Waals surface area contributed by atoms with Crippen molar-refractivity contribution in [2.24, 2.45) is 0 Å². The van der Waals surface area contributed by atoms with Crippen molar-refractivity contribution in [3.63, 3.8) is 0 Å². The second-order valence-corrected chi connectivity index (χ2v) is 9.39. The number of rotatable bonds is 4. The van der Waals surface area contributed by atoms with Gasteiger partial charge in [-0.05, 0) is 77.5 Å². The second-order valence-electron chi connectivity index (χ2n) is 9.39. The molecule has 7 nitrogen and oxygen atoms in total. The Hall–Kier alpha value is -2.54. The average molecular weight is 425 g/mol. The van der Waals surface area contributed by atoms with Crippen LogP contribution in [-0.4, -0.2) is 45.7 Å². The fraction of sp³-hybridized carbons (Fsp3) is 0.583. The number of nitrogens with zero attached hydrogens (tertiary/aromatic N) is 3. The SMILES string of the molecule is CC1CCc2c(ccc(-c3cnn([C@@H]4CCN[C@H](C)C4)c3)c2OC2CCC2)N1C(=O)O. The highest BCUT2D eigenvalue weighted by molar-refractivity contribution is 5.91. The first-order chi connectivity index (χ1) is 15.0. The molecule has 2 aliphatic heterocycles. The molecule has 0 spiro atoms. The standard InChI is InChI=1S/C24H32N4O3/c1-15-12-18(10-11-25-15)27-14-17(13-26-27)20-8-9-22-21(23(20)31-19-4-3-5-19)7-6-16(2)28(22)24(29)30/h8-9,13-16,18-19,25H,3-7,10-12H2,1-2H3,(H,29,30)/t15-,16?,18-/m1/s1. The van der Waals surface area contributed by atoms with E-state index in [9.17, 15) is 9.90 Å². The van der Waals surface area contributed by atoms with Crippen molar-refractivity contribution in [1.29, 1.82) is 0 Å². The van der Waals surface area contributed by atoms with E-state index in [2.05, 4.69) is 23.1 Å². The van der Waals surface area contributed by atoms with Crippen molar-refractivity contribution in [2.45, 2.75) is 83.0 Å². The summed E-state index contributed by atoms with van der Waals surface area (Å²) in [7, 11) is 0. The van der Waals surface area contributed by atoms with Crippen LogP contribution in [0.4, 0.5) is 10.5 Å². The molecule has 3 heterocycles. The predicted molar refractivity (Wildman–Crippen MR) is 120 cm³/mol. The van der Waals surface area contributed by atoms with Crippen LogP contribution in [0.5, 0.6) is 5.75 Å². The molecule has 0 bridgehead atoms. The van der Waals surface area contributed by atoms with Gasteiger partial charge >= 0.3 is 6.09 Å². The number of hydrogen-bond donors (Lipinski definition) is 2. The molecule has 0 radical (unpaired) electrons. The molecule has 7 heteroatoms. The molecule has 1 aromatic carbocycles. The van der Waals surface area contributed by atoms with E-state index in [0.29, 0.717) is 12.1 Å². The number of amides is 1. The summed E-state index contributed by atoms with van der Waals surface area (Å²) in [5, 5.41) is 18.0. The monoisotopic (exact) mass is 424 g/mol. The number of hydrogen-bond acceptors (Lipinski definition) is 4. The van der Waals surface area contributed by atoms with Crippen LogP contribution in [0.15, 0.2) is 24.5 Å². The minimum absolute atomic E-state index is 0.0305. The van der Waals surface area contributed by atoms with Crippen molar-refractivity contribution in [3.05, 3.63) is 30.1 Å². The van der Waals surface area contributed by atoms with Gasteiger partial charge in [0.05, 0.1) is 24.0 Å². The number of fused-ring (bicyclic) bond motifs is 1. The van der Waals surface area contributed by atoms with Crippen molar-refractivity contribution in [2.75, 3.05) is 11.4 Å². The third-order valence-electron chi connectivity index (χ3n) is 7.17. The number of carboxylic acid groups (broad SMARTS) is 1. The average Bonchev–Trinajstić information content (AvgIpc) is 3.20. The van der Waals surface area contributed by atoms with Gasteiger partial charge in [0, 0.05) is 35.0 Å². The Morgan fingerprint density at radius 2 is 2.06 bits per heavy atom. The summed E-state index contributed by atoms with van der Waals surface area (Å²) in [5.74, 6) is 0.860. The molecule has 1 amide bonds. The summed E-state index contributed by atoms with van der Waals surface area (Å²) >= 11 is 0. The van der Waals surface area contributed by atoms with Crippen LogP contribution in [-0.2, 0) is 6.42 Å². The number of anilines is 1. The maximum absolute atomic E-state index is 12.0. The normalized spacial score (nSPS) is 26.3. The van der Waals surface area contributed by atoms with E-state index in [0.717, 1.165) is 73.2 Å². The lowest BCUT2D eigenvalue weighted by atomic mass is 9.91. The van der Waals surface area contributed by atoms with E-state index in [1.54, 1.807) is 0 Å². The molecule has 31 heavy (non-hydrogen) atoms. The molecular formula is C24H32N4O3. The van der Waals surface area contributed by atoms with Crippen LogP contribution in [0.25, 0.3) is 11.1 Å². The predicted octanol–water partition coefficient (Wildman–Crippen LogP) is 4.61. The summed E-state index contributed by atoms with van der Waals surface area (Å²) < 4.78 is 8.60. The second kappa shape index (κ2) is 8.19. The first-order valence-electron chi connectivity index (χ1n) is 11.6. The lowest BCUT2D eigenvalue weighted by Crippen LogP contribution is -2.41. The van der Waals surface area contributed by atoms with Gasteiger partial charge in [0.25, 0.3) is 0 Å². The summed E-state index contributed by atoms with van der Waals surface area (Å²) in [4.78, 5) is 13.5. The van der Waals surface area contributed by atoms with E-state index in [1.807, 2.05) is 25.3 Å². The quantitative estimate of drug-likeness (QED) is 0.749. The molecule has 2 fully saturated rings. The summed E-state index contributed by atoms with van der Waals surface area (Å²) in [6.07, 6.45) is 10.5. The van der Waals surface area contributed by atoms with E-state index in [-0.39, 0.29) is 12.1 Å². The molecule has 1 saturated carbocycles. The molecule has 2 N–H and O–H groups in total. The van der Waals surface area contributed by atoms with Gasteiger partial charge in [0.1, 0.15) is 5.75 Å². The summed E-state index contributed by atoms with van der Waals surface area (Å²) in [6, 6.07) is 4.84. The molecule has 1 saturated heterocycles. The summed E-state index contributed by atoms with van der Waals surface area (Å²) in [6.45, 7) is 5.21. The van der Waals surface area contributed by atoms with Crippen LogP contribution in [0.3, 0.4) is 0 Å². The van der Waals surface area contributed by atoms with Gasteiger partial charge in [-0.1, -0.05) is 0 Å².